The molecule has 0 saturated carbocycles. The summed E-state index contributed by atoms with van der Waals surface area (Å²) in [6.45, 7) is 4.34. The average molecular weight is 384 g/mol. The van der Waals surface area contributed by atoms with Gasteiger partial charge in [0.05, 0.1) is 12.7 Å². The first-order chi connectivity index (χ1) is 13.5. The SMILES string of the molecule is Cc1cc(F)ccc1CC1CCCCC(=O)OC(C)C1OCc1ccccc1. The summed E-state index contributed by atoms with van der Waals surface area (Å²) < 4.78 is 25.5. The maximum Gasteiger partial charge on any atom is 0.306 e. The lowest BCUT2D eigenvalue weighted by molar-refractivity contribution is -0.159. The molecule has 3 unspecified atom stereocenters. The quantitative estimate of drug-likeness (QED) is 0.649. The fourth-order valence-electron chi connectivity index (χ4n) is 3.98. The number of benzene rings is 2. The fourth-order valence-corrected chi connectivity index (χ4v) is 3.98. The molecule has 2 aromatic rings. The van der Waals surface area contributed by atoms with Gasteiger partial charge in [-0.2, -0.15) is 0 Å². The van der Waals surface area contributed by atoms with E-state index in [9.17, 15) is 9.18 Å². The van der Waals surface area contributed by atoms with Gasteiger partial charge in [-0.1, -0.05) is 42.8 Å². The largest absolute Gasteiger partial charge is 0.460 e. The molecule has 0 amide bonds. The van der Waals surface area contributed by atoms with E-state index in [2.05, 4.69) is 0 Å². The average Bonchev–Trinajstić information content (AvgIpc) is 2.73. The van der Waals surface area contributed by atoms with Gasteiger partial charge in [0.1, 0.15) is 11.9 Å². The first-order valence-electron chi connectivity index (χ1n) is 10.1. The zero-order chi connectivity index (χ0) is 19.9. The van der Waals surface area contributed by atoms with E-state index < -0.39 is 0 Å². The molecular formula is C24H29FO3. The van der Waals surface area contributed by atoms with Crippen molar-refractivity contribution in [1.82, 2.24) is 0 Å². The molecule has 1 aliphatic heterocycles. The first kappa shape index (κ1) is 20.5. The van der Waals surface area contributed by atoms with E-state index in [1.165, 1.54) is 6.07 Å². The smallest absolute Gasteiger partial charge is 0.306 e. The minimum Gasteiger partial charge on any atom is -0.460 e. The van der Waals surface area contributed by atoms with E-state index >= 15 is 0 Å². The van der Waals surface area contributed by atoms with Crippen LogP contribution in [0.15, 0.2) is 48.5 Å². The van der Waals surface area contributed by atoms with Gasteiger partial charge in [0.15, 0.2) is 0 Å². The van der Waals surface area contributed by atoms with Crippen LogP contribution in [0.3, 0.4) is 0 Å². The van der Waals surface area contributed by atoms with Crippen LogP contribution in [0.2, 0.25) is 0 Å². The second-order valence-electron chi connectivity index (χ2n) is 7.74. The van der Waals surface area contributed by atoms with Crippen molar-refractivity contribution in [3.05, 3.63) is 71.0 Å². The number of halogens is 1. The van der Waals surface area contributed by atoms with Crippen molar-refractivity contribution < 1.29 is 18.7 Å². The van der Waals surface area contributed by atoms with Gasteiger partial charge in [-0.15, -0.1) is 0 Å². The second-order valence-corrected chi connectivity index (χ2v) is 7.74. The molecule has 0 bridgehead atoms. The van der Waals surface area contributed by atoms with Crippen molar-refractivity contribution in [2.45, 2.75) is 64.8 Å². The van der Waals surface area contributed by atoms with Crippen LogP contribution >= 0.6 is 0 Å². The first-order valence-corrected chi connectivity index (χ1v) is 10.1. The van der Waals surface area contributed by atoms with E-state index in [4.69, 9.17) is 9.47 Å². The summed E-state index contributed by atoms with van der Waals surface area (Å²) in [6.07, 6.45) is 3.46. The normalized spacial score (nSPS) is 23.4. The standard InChI is InChI=1S/C24H29FO3/c1-17-14-22(25)13-12-20(17)15-21-10-6-7-11-23(26)28-18(2)24(21)27-16-19-8-4-3-5-9-19/h3-5,8-9,12-14,18,21,24H,6-7,10-11,15-16H2,1-2H3. The molecule has 0 spiro atoms. The van der Waals surface area contributed by atoms with Crippen LogP contribution in [-0.2, 0) is 27.3 Å². The predicted molar refractivity (Wildman–Crippen MR) is 107 cm³/mol. The van der Waals surface area contributed by atoms with Crippen LogP contribution in [0.1, 0.15) is 49.3 Å². The van der Waals surface area contributed by atoms with Gasteiger partial charge in [-0.05, 0) is 67.9 Å². The number of carbonyl (C=O) groups is 1. The van der Waals surface area contributed by atoms with Gasteiger partial charge in [0, 0.05) is 6.42 Å². The highest BCUT2D eigenvalue weighted by Gasteiger charge is 2.32. The van der Waals surface area contributed by atoms with E-state index in [0.717, 1.165) is 42.4 Å². The molecule has 4 heteroatoms. The van der Waals surface area contributed by atoms with Crippen LogP contribution in [-0.4, -0.2) is 18.2 Å². The van der Waals surface area contributed by atoms with Gasteiger partial charge < -0.3 is 9.47 Å². The number of cyclic esters (lactones) is 1. The molecule has 3 atom stereocenters. The third-order valence-electron chi connectivity index (χ3n) is 5.52. The van der Waals surface area contributed by atoms with Gasteiger partial charge in [0.25, 0.3) is 0 Å². The molecule has 1 aliphatic rings. The van der Waals surface area contributed by atoms with Crippen molar-refractivity contribution in [3.8, 4) is 0 Å². The van der Waals surface area contributed by atoms with Gasteiger partial charge in [-0.3, -0.25) is 4.79 Å². The Balaban J connectivity index is 1.80. The number of ether oxygens (including phenoxy) is 2. The van der Waals surface area contributed by atoms with Crippen molar-refractivity contribution in [3.63, 3.8) is 0 Å². The highest BCUT2D eigenvalue weighted by atomic mass is 19.1. The van der Waals surface area contributed by atoms with E-state index in [1.807, 2.05) is 50.2 Å². The molecular weight excluding hydrogens is 355 g/mol. The third-order valence-corrected chi connectivity index (χ3v) is 5.52. The molecule has 2 aromatic carbocycles. The summed E-state index contributed by atoms with van der Waals surface area (Å²) in [7, 11) is 0. The molecule has 3 rings (SSSR count). The number of hydrogen-bond acceptors (Lipinski definition) is 3. The minimum absolute atomic E-state index is 0.153. The molecule has 3 nitrogen and oxygen atoms in total. The zero-order valence-corrected chi connectivity index (χ0v) is 16.7. The Morgan fingerprint density at radius 3 is 2.68 bits per heavy atom. The Labute approximate surface area is 166 Å². The summed E-state index contributed by atoms with van der Waals surface area (Å²) in [5.74, 6) is -0.164. The lowest BCUT2D eigenvalue weighted by Gasteiger charge is -2.31. The summed E-state index contributed by atoms with van der Waals surface area (Å²) in [5, 5.41) is 0. The van der Waals surface area contributed by atoms with Gasteiger partial charge in [-0.25, -0.2) is 4.39 Å². The van der Waals surface area contributed by atoms with Crippen molar-refractivity contribution in [2.75, 3.05) is 0 Å². The van der Waals surface area contributed by atoms with Crippen molar-refractivity contribution in [1.29, 1.82) is 0 Å². The van der Waals surface area contributed by atoms with E-state index in [0.29, 0.717) is 13.0 Å². The predicted octanol–water partition coefficient (Wildman–Crippen LogP) is 5.38. The molecule has 1 saturated heterocycles. The number of esters is 1. The molecule has 0 N–H and O–H groups in total. The Morgan fingerprint density at radius 1 is 1.14 bits per heavy atom. The maximum absolute atomic E-state index is 13.5. The zero-order valence-electron chi connectivity index (χ0n) is 16.7. The fraction of sp³-hybridized carbons (Fsp3) is 0.458. The van der Waals surface area contributed by atoms with Crippen LogP contribution in [0.5, 0.6) is 0 Å². The minimum atomic E-state index is -0.319. The van der Waals surface area contributed by atoms with Crippen LogP contribution in [0, 0.1) is 18.7 Å². The number of aryl methyl sites for hydroxylation is 1. The summed E-state index contributed by atoms with van der Waals surface area (Å²) in [6, 6.07) is 15.0. The monoisotopic (exact) mass is 384 g/mol. The highest BCUT2D eigenvalue weighted by Crippen LogP contribution is 2.29. The Hall–Kier alpha value is -2.20. The van der Waals surface area contributed by atoms with Crippen LogP contribution in [0.25, 0.3) is 0 Å². The number of carbonyl (C=O) groups excluding carboxylic acids is 1. The van der Waals surface area contributed by atoms with E-state index in [1.54, 1.807) is 6.07 Å². The molecule has 0 radical (unpaired) electrons. The Morgan fingerprint density at radius 2 is 1.93 bits per heavy atom. The number of hydrogen-bond donors (Lipinski definition) is 0. The molecule has 150 valence electrons. The molecule has 1 fully saturated rings. The second kappa shape index (κ2) is 9.83. The Bertz CT molecular complexity index is 775. The molecule has 1 heterocycles. The van der Waals surface area contributed by atoms with E-state index in [-0.39, 0.29) is 29.9 Å². The number of rotatable bonds is 5. The van der Waals surface area contributed by atoms with Crippen LogP contribution in [0.4, 0.5) is 4.39 Å². The van der Waals surface area contributed by atoms with Crippen molar-refractivity contribution >= 4 is 5.97 Å². The molecule has 0 aromatic heterocycles. The summed E-state index contributed by atoms with van der Waals surface area (Å²) in [5.41, 5.74) is 3.17. The molecule has 0 aliphatic carbocycles. The van der Waals surface area contributed by atoms with Crippen LogP contribution < -0.4 is 0 Å². The summed E-state index contributed by atoms with van der Waals surface area (Å²) >= 11 is 0. The lowest BCUT2D eigenvalue weighted by Crippen LogP contribution is -2.38. The third kappa shape index (κ3) is 5.65. The lowest BCUT2D eigenvalue weighted by atomic mass is 9.85. The van der Waals surface area contributed by atoms with Gasteiger partial charge >= 0.3 is 5.97 Å². The van der Waals surface area contributed by atoms with Crippen molar-refractivity contribution in [2.24, 2.45) is 5.92 Å². The molecule has 28 heavy (non-hydrogen) atoms. The highest BCUT2D eigenvalue weighted by molar-refractivity contribution is 5.69. The topological polar surface area (TPSA) is 35.5 Å². The maximum atomic E-state index is 13.5. The summed E-state index contributed by atoms with van der Waals surface area (Å²) in [4.78, 5) is 12.1. The van der Waals surface area contributed by atoms with Gasteiger partial charge in [0.2, 0.25) is 0 Å². The Kier molecular flexibility index (Phi) is 7.21.